The molecule has 1 fully saturated rings. The highest BCUT2D eigenvalue weighted by atomic mass is 15.2. The summed E-state index contributed by atoms with van der Waals surface area (Å²) in [5.41, 5.74) is 7.96. The van der Waals surface area contributed by atoms with Crippen LogP contribution in [0.25, 0.3) is 10.9 Å². The van der Waals surface area contributed by atoms with Gasteiger partial charge in [0.2, 0.25) is 0 Å². The first-order valence-corrected chi connectivity index (χ1v) is 7.43. The molecule has 0 radical (unpaired) electrons. The summed E-state index contributed by atoms with van der Waals surface area (Å²) >= 11 is 0. The van der Waals surface area contributed by atoms with E-state index in [1.807, 2.05) is 13.0 Å². The number of hydrogen-bond acceptors (Lipinski definition) is 5. The van der Waals surface area contributed by atoms with Gasteiger partial charge in [-0.3, -0.25) is 0 Å². The number of nitrogens with two attached hydrogens (primary N) is 1. The molecule has 2 aliphatic rings. The third kappa shape index (κ3) is 1.72. The normalized spacial score (nSPS) is 21.6. The van der Waals surface area contributed by atoms with E-state index in [-0.39, 0.29) is 0 Å². The molecule has 2 aromatic rings. The average molecular weight is 269 g/mol. The number of anilines is 2. The summed E-state index contributed by atoms with van der Waals surface area (Å²) in [4.78, 5) is 16.3. The van der Waals surface area contributed by atoms with Crippen molar-refractivity contribution in [2.75, 3.05) is 17.2 Å². The fraction of sp³-hybridized carbons (Fsp3) is 0.533. The Morgan fingerprint density at radius 2 is 2.10 bits per heavy atom. The van der Waals surface area contributed by atoms with Crippen LogP contribution in [0.1, 0.15) is 37.2 Å². The van der Waals surface area contributed by atoms with Gasteiger partial charge in [-0.15, -0.1) is 0 Å². The molecule has 4 rings (SSSR count). The molecule has 104 valence electrons. The highest BCUT2D eigenvalue weighted by Crippen LogP contribution is 2.37. The van der Waals surface area contributed by atoms with Crippen LogP contribution in [-0.4, -0.2) is 27.5 Å². The number of nitrogens with zero attached hydrogens (tertiary/aromatic N) is 4. The molecular weight excluding hydrogens is 250 g/mol. The Balaban J connectivity index is 1.99. The lowest BCUT2D eigenvalue weighted by molar-refractivity contribution is 0.552. The minimum absolute atomic E-state index is 0.525. The van der Waals surface area contributed by atoms with Gasteiger partial charge in [0.05, 0.1) is 16.6 Å². The molecule has 0 saturated carbocycles. The second kappa shape index (κ2) is 4.30. The Hall–Kier alpha value is -1.91. The van der Waals surface area contributed by atoms with Crippen LogP contribution in [0.5, 0.6) is 0 Å². The minimum atomic E-state index is 0.525. The van der Waals surface area contributed by atoms with E-state index < -0.39 is 0 Å². The second-order valence-corrected chi connectivity index (χ2v) is 5.88. The van der Waals surface area contributed by atoms with Crippen LogP contribution in [0, 0.1) is 6.92 Å². The van der Waals surface area contributed by atoms with Crippen molar-refractivity contribution in [3.05, 3.63) is 17.6 Å². The molecule has 0 spiro atoms. The Morgan fingerprint density at radius 1 is 1.20 bits per heavy atom. The predicted octanol–water partition coefficient (Wildman–Crippen LogP) is 2.22. The molecule has 1 unspecified atom stereocenters. The zero-order valence-corrected chi connectivity index (χ0v) is 11.8. The summed E-state index contributed by atoms with van der Waals surface area (Å²) in [5, 5.41) is 1.11. The molecule has 0 amide bonds. The van der Waals surface area contributed by atoms with Gasteiger partial charge < -0.3 is 10.6 Å². The van der Waals surface area contributed by atoms with Crippen molar-refractivity contribution in [2.24, 2.45) is 0 Å². The predicted molar refractivity (Wildman–Crippen MR) is 79.8 cm³/mol. The van der Waals surface area contributed by atoms with Crippen molar-refractivity contribution < 1.29 is 0 Å². The summed E-state index contributed by atoms with van der Waals surface area (Å²) < 4.78 is 0. The standard InChI is InChI=1S/C15H19N5/c1-9-17-12-8-13(16)19-11-7-10-5-3-2-4-6-20(10)15(18-9)14(11)12/h8,10H,2-7H2,1H3,(H2,16,19). The monoisotopic (exact) mass is 269 g/mol. The van der Waals surface area contributed by atoms with Crippen LogP contribution in [0.4, 0.5) is 11.6 Å². The molecule has 20 heavy (non-hydrogen) atoms. The number of fused-ring (bicyclic) bond motifs is 2. The summed E-state index contributed by atoms with van der Waals surface area (Å²) in [7, 11) is 0. The van der Waals surface area contributed by atoms with Crippen molar-refractivity contribution in [2.45, 2.75) is 45.1 Å². The van der Waals surface area contributed by atoms with E-state index in [1.165, 1.54) is 25.7 Å². The minimum Gasteiger partial charge on any atom is -0.384 e. The molecule has 1 saturated heterocycles. The van der Waals surface area contributed by atoms with E-state index >= 15 is 0 Å². The molecule has 2 aliphatic heterocycles. The van der Waals surface area contributed by atoms with Gasteiger partial charge in [-0.2, -0.15) is 0 Å². The highest BCUT2D eigenvalue weighted by Gasteiger charge is 2.31. The van der Waals surface area contributed by atoms with Gasteiger partial charge in [0.25, 0.3) is 0 Å². The van der Waals surface area contributed by atoms with E-state index in [0.717, 1.165) is 41.2 Å². The van der Waals surface area contributed by atoms with Crippen molar-refractivity contribution >= 4 is 22.5 Å². The fourth-order valence-corrected chi connectivity index (χ4v) is 3.59. The first-order valence-electron chi connectivity index (χ1n) is 7.43. The SMILES string of the molecule is Cc1nc2c3c(nc(N)cc3n1)CC1CCCCCN21. The largest absolute Gasteiger partial charge is 0.384 e. The first kappa shape index (κ1) is 11.9. The van der Waals surface area contributed by atoms with Crippen LogP contribution in [0.3, 0.4) is 0 Å². The van der Waals surface area contributed by atoms with Crippen molar-refractivity contribution in [3.8, 4) is 0 Å². The van der Waals surface area contributed by atoms with Crippen molar-refractivity contribution in [3.63, 3.8) is 0 Å². The zero-order chi connectivity index (χ0) is 13.7. The van der Waals surface area contributed by atoms with Crippen LogP contribution in [0.2, 0.25) is 0 Å². The molecule has 0 aliphatic carbocycles. The summed E-state index contributed by atoms with van der Waals surface area (Å²) in [6.07, 6.45) is 6.05. The molecule has 5 nitrogen and oxygen atoms in total. The van der Waals surface area contributed by atoms with E-state index in [9.17, 15) is 0 Å². The van der Waals surface area contributed by atoms with Crippen LogP contribution in [-0.2, 0) is 6.42 Å². The van der Waals surface area contributed by atoms with Crippen LogP contribution < -0.4 is 10.6 Å². The summed E-state index contributed by atoms with van der Waals surface area (Å²) in [6.45, 7) is 3.05. The van der Waals surface area contributed by atoms with Gasteiger partial charge in [0.15, 0.2) is 0 Å². The maximum atomic E-state index is 5.94. The van der Waals surface area contributed by atoms with Gasteiger partial charge in [-0.1, -0.05) is 12.8 Å². The first-order chi connectivity index (χ1) is 9.72. The molecule has 2 aromatic heterocycles. The van der Waals surface area contributed by atoms with Gasteiger partial charge in [-0.25, -0.2) is 15.0 Å². The third-order valence-electron chi connectivity index (χ3n) is 4.45. The molecular formula is C15H19N5. The molecule has 4 heterocycles. The lowest BCUT2D eigenvalue weighted by Gasteiger charge is -2.36. The van der Waals surface area contributed by atoms with Gasteiger partial charge in [0, 0.05) is 25.1 Å². The zero-order valence-electron chi connectivity index (χ0n) is 11.8. The Bertz CT molecular complexity index is 676. The van der Waals surface area contributed by atoms with Crippen LogP contribution >= 0.6 is 0 Å². The number of hydrogen-bond donors (Lipinski definition) is 1. The van der Waals surface area contributed by atoms with E-state index in [0.29, 0.717) is 11.9 Å². The van der Waals surface area contributed by atoms with Crippen molar-refractivity contribution in [1.29, 1.82) is 0 Å². The topological polar surface area (TPSA) is 67.9 Å². The molecule has 0 bridgehead atoms. The fourth-order valence-electron chi connectivity index (χ4n) is 3.59. The lowest BCUT2D eigenvalue weighted by atomic mass is 9.97. The van der Waals surface area contributed by atoms with Crippen LogP contribution in [0.15, 0.2) is 6.07 Å². The molecule has 0 aromatic carbocycles. The van der Waals surface area contributed by atoms with Gasteiger partial charge in [-0.05, 0) is 19.8 Å². The quantitative estimate of drug-likeness (QED) is 0.794. The third-order valence-corrected chi connectivity index (χ3v) is 4.45. The van der Waals surface area contributed by atoms with Crippen molar-refractivity contribution in [1.82, 2.24) is 15.0 Å². The number of pyridine rings is 1. The Labute approximate surface area is 118 Å². The Kier molecular flexibility index (Phi) is 2.55. The highest BCUT2D eigenvalue weighted by molar-refractivity contribution is 5.94. The number of nitrogen functional groups attached to an aromatic ring is 1. The smallest absolute Gasteiger partial charge is 0.142 e. The van der Waals surface area contributed by atoms with E-state index in [2.05, 4.69) is 14.9 Å². The van der Waals surface area contributed by atoms with Gasteiger partial charge >= 0.3 is 0 Å². The Morgan fingerprint density at radius 3 is 3.00 bits per heavy atom. The molecule has 1 atom stereocenters. The maximum absolute atomic E-state index is 5.94. The molecule has 5 heteroatoms. The lowest BCUT2D eigenvalue weighted by Crippen LogP contribution is -2.40. The summed E-state index contributed by atoms with van der Waals surface area (Å²) in [6, 6.07) is 2.40. The number of rotatable bonds is 0. The van der Waals surface area contributed by atoms with E-state index in [1.54, 1.807) is 0 Å². The van der Waals surface area contributed by atoms with Gasteiger partial charge in [0.1, 0.15) is 17.5 Å². The maximum Gasteiger partial charge on any atom is 0.142 e. The van der Waals surface area contributed by atoms with E-state index in [4.69, 9.17) is 10.7 Å². The second-order valence-electron chi connectivity index (χ2n) is 5.88. The number of aromatic nitrogens is 3. The number of aryl methyl sites for hydroxylation is 1. The average Bonchev–Trinajstić information content (AvgIpc) is 2.62. The summed E-state index contributed by atoms with van der Waals surface area (Å²) in [5.74, 6) is 2.46. The molecule has 2 N–H and O–H groups in total.